The van der Waals surface area contributed by atoms with Crippen molar-refractivity contribution in [1.29, 1.82) is 0 Å². The molecule has 2 heterocycles. The van der Waals surface area contributed by atoms with Crippen molar-refractivity contribution in [2.24, 2.45) is 94.7 Å². The summed E-state index contributed by atoms with van der Waals surface area (Å²) in [5, 5.41) is 0. The van der Waals surface area contributed by atoms with Gasteiger partial charge in [-0.15, -0.1) is 0 Å². The Bertz CT molecular complexity index is 1410. The van der Waals surface area contributed by atoms with Crippen molar-refractivity contribution in [2.45, 2.75) is 78.1 Å². The van der Waals surface area contributed by atoms with E-state index in [1.54, 1.807) is 0 Å². The molecule has 274 valence electrons. The predicted molar refractivity (Wildman–Crippen MR) is 172 cm³/mol. The molecule has 6 saturated carbocycles. The molecule has 12 nitrogen and oxygen atoms in total. The summed E-state index contributed by atoms with van der Waals surface area (Å²) in [5.41, 5.74) is 0. The molecule has 8 fully saturated rings. The monoisotopic (exact) mass is 698 g/mol. The smallest absolute Gasteiger partial charge is 0.317 e. The van der Waals surface area contributed by atoms with Gasteiger partial charge in [-0.2, -0.15) is 0 Å². The normalized spacial score (nSPS) is 44.8. The summed E-state index contributed by atoms with van der Waals surface area (Å²) < 4.78 is 19.4. The average Bonchev–Trinajstić information content (AvgIpc) is 4.00. The molecule has 0 amide bonds. The Labute approximate surface area is 292 Å². The quantitative estimate of drug-likeness (QED) is 0.170. The van der Waals surface area contributed by atoms with Crippen LogP contribution in [0.2, 0.25) is 0 Å². The van der Waals surface area contributed by atoms with E-state index in [9.17, 15) is 38.4 Å². The molecule has 16 unspecified atom stereocenters. The Morgan fingerprint density at radius 1 is 0.580 bits per heavy atom. The second-order valence-corrected chi connectivity index (χ2v) is 15.7. The molecule has 2 saturated heterocycles. The maximum Gasteiger partial charge on any atom is 0.317 e. The van der Waals surface area contributed by atoms with Crippen LogP contribution in [0.15, 0.2) is 0 Å². The van der Waals surface area contributed by atoms with Crippen molar-refractivity contribution < 1.29 is 57.3 Å². The highest BCUT2D eigenvalue weighted by atomic mass is 16.6. The van der Waals surface area contributed by atoms with E-state index in [4.69, 9.17) is 18.9 Å². The van der Waals surface area contributed by atoms with Crippen molar-refractivity contribution in [3.63, 3.8) is 0 Å². The molecule has 8 aliphatic rings. The number of fused-ring (bicyclic) bond motifs is 8. The van der Waals surface area contributed by atoms with Crippen molar-refractivity contribution in [2.75, 3.05) is 14.2 Å². The molecule has 0 N–H and O–H groups in total. The van der Waals surface area contributed by atoms with Gasteiger partial charge in [-0.3, -0.25) is 28.8 Å². The lowest BCUT2D eigenvalue weighted by molar-refractivity contribution is -0.156. The van der Waals surface area contributed by atoms with E-state index in [1.807, 2.05) is 13.8 Å². The molecule has 0 radical (unpaired) electrons. The Balaban J connectivity index is 0.000000166. The third-order valence-corrected chi connectivity index (χ3v) is 14.1. The number of methoxy groups -OCH3 is 2. The van der Waals surface area contributed by atoms with Gasteiger partial charge in [0.1, 0.15) is 12.6 Å². The summed E-state index contributed by atoms with van der Waals surface area (Å²) in [7, 11) is 2.73. The largest absolute Gasteiger partial charge is 0.469 e. The zero-order valence-electron chi connectivity index (χ0n) is 29.4. The Morgan fingerprint density at radius 2 is 1.14 bits per heavy atom. The molecule has 50 heavy (non-hydrogen) atoms. The Kier molecular flexibility index (Phi) is 10.7. The molecular weight excluding hydrogens is 648 g/mol. The zero-order chi connectivity index (χ0) is 36.0. The third-order valence-electron chi connectivity index (χ3n) is 14.1. The summed E-state index contributed by atoms with van der Waals surface area (Å²) in [5.74, 6) is -2.09. The van der Waals surface area contributed by atoms with Gasteiger partial charge in [-0.25, -0.2) is 0 Å². The number of aldehydes is 2. The van der Waals surface area contributed by atoms with Crippen molar-refractivity contribution >= 4 is 48.4 Å². The van der Waals surface area contributed by atoms with Crippen LogP contribution in [0.4, 0.5) is 0 Å². The van der Waals surface area contributed by atoms with E-state index in [0.717, 1.165) is 51.1 Å². The summed E-state index contributed by atoms with van der Waals surface area (Å²) in [6, 6.07) is 0. The van der Waals surface area contributed by atoms with Gasteiger partial charge in [-0.05, 0) is 112 Å². The van der Waals surface area contributed by atoms with Crippen molar-refractivity contribution in [3.8, 4) is 0 Å². The van der Waals surface area contributed by atoms with Crippen LogP contribution in [-0.4, -0.2) is 62.6 Å². The second kappa shape index (κ2) is 14.7. The van der Waals surface area contributed by atoms with Crippen LogP contribution in [0.3, 0.4) is 0 Å². The highest BCUT2D eigenvalue weighted by Gasteiger charge is 2.67. The summed E-state index contributed by atoms with van der Waals surface area (Å²) in [6.07, 6.45) is 9.91. The predicted octanol–water partition coefficient (Wildman–Crippen LogP) is 3.75. The molecule has 0 spiro atoms. The summed E-state index contributed by atoms with van der Waals surface area (Å²) in [4.78, 5) is 94.4. The van der Waals surface area contributed by atoms with E-state index in [2.05, 4.69) is 0 Å². The van der Waals surface area contributed by atoms with Crippen LogP contribution in [0.25, 0.3) is 0 Å². The average molecular weight is 699 g/mol. The van der Waals surface area contributed by atoms with Crippen molar-refractivity contribution in [3.05, 3.63) is 0 Å². The Morgan fingerprint density at radius 3 is 1.82 bits per heavy atom. The highest BCUT2D eigenvalue weighted by Crippen LogP contribution is 2.66. The van der Waals surface area contributed by atoms with Crippen LogP contribution < -0.4 is 0 Å². The fourth-order valence-electron chi connectivity index (χ4n) is 12.1. The molecule has 0 aromatic rings. The van der Waals surface area contributed by atoms with Crippen LogP contribution in [0, 0.1) is 94.7 Å². The molecular formula is C38H50O12. The van der Waals surface area contributed by atoms with Crippen LogP contribution in [0.5, 0.6) is 0 Å². The number of rotatable bonds is 6. The van der Waals surface area contributed by atoms with Crippen molar-refractivity contribution in [1.82, 2.24) is 0 Å². The zero-order valence-corrected chi connectivity index (χ0v) is 29.4. The number of hydrogen-bond donors (Lipinski definition) is 0. The molecule has 8 rings (SSSR count). The lowest BCUT2D eigenvalue weighted by Gasteiger charge is -2.39. The molecule has 4 bridgehead atoms. The molecule has 0 aromatic heterocycles. The van der Waals surface area contributed by atoms with Gasteiger partial charge in [0.25, 0.3) is 0 Å². The first kappa shape index (κ1) is 36.4. The highest BCUT2D eigenvalue weighted by molar-refractivity contribution is 5.98. The van der Waals surface area contributed by atoms with E-state index in [1.165, 1.54) is 14.2 Å². The van der Waals surface area contributed by atoms with Gasteiger partial charge in [0.2, 0.25) is 0 Å². The van der Waals surface area contributed by atoms with Gasteiger partial charge < -0.3 is 28.5 Å². The van der Waals surface area contributed by atoms with Gasteiger partial charge in [0.15, 0.2) is 0 Å². The van der Waals surface area contributed by atoms with Gasteiger partial charge in [0, 0.05) is 11.8 Å². The molecule has 12 heteroatoms. The van der Waals surface area contributed by atoms with E-state index in [-0.39, 0.29) is 101 Å². The van der Waals surface area contributed by atoms with Gasteiger partial charge in [-0.1, -0.05) is 13.8 Å². The lowest BCUT2D eigenvalue weighted by atomic mass is 9.63. The third kappa shape index (κ3) is 6.02. The first-order chi connectivity index (χ1) is 24.1. The lowest BCUT2D eigenvalue weighted by Crippen LogP contribution is -2.41. The standard InChI is InChI=1S/C19H22O6.C17H22O6.C2H6/c1-24-17(21)14-7-2-9(11(3-7)13(14)6-20)10-4-8-5-12(10)16-15(8)18(22)25-19(16)23;1-22-15(19)13-6-9(2-3-11(13)8-18)10-4-5-12-14(7-10)17(21)23-16(12)20;1-2/h6-16H,2-5H2,1H3;8-14H,2-7H2,1H3;1-2H3. The van der Waals surface area contributed by atoms with E-state index >= 15 is 0 Å². The fraction of sp³-hybridized carbons (Fsp3) is 0.789. The van der Waals surface area contributed by atoms with E-state index < -0.39 is 5.97 Å². The minimum Gasteiger partial charge on any atom is -0.469 e. The second-order valence-electron chi connectivity index (χ2n) is 15.7. The SMILES string of the molecule is CC.COC(=O)C1C2CC(C1C=O)C(C1CC3CC1C1C(=O)OC(=O)C31)C2.COC(=O)C1CC(C2CCC3C(=O)OC(=O)C3C2)CCC1C=O. The molecule has 0 aromatic carbocycles. The number of carbonyl (C=O) groups is 8. The molecule has 2 aliphatic heterocycles. The minimum absolute atomic E-state index is 0.210. The first-order valence-electron chi connectivity index (χ1n) is 18.7. The summed E-state index contributed by atoms with van der Waals surface area (Å²) >= 11 is 0. The van der Waals surface area contributed by atoms with Crippen LogP contribution in [0.1, 0.15) is 78.1 Å². The van der Waals surface area contributed by atoms with Gasteiger partial charge in [0.05, 0.1) is 49.7 Å². The Hall–Kier alpha value is -3.44. The topological polar surface area (TPSA) is 173 Å². The molecule has 6 aliphatic carbocycles. The number of carbonyl (C=O) groups excluding carboxylic acids is 8. The summed E-state index contributed by atoms with van der Waals surface area (Å²) in [6.45, 7) is 4.00. The fourth-order valence-corrected chi connectivity index (χ4v) is 12.1. The minimum atomic E-state index is -0.393. The molecule has 16 atom stereocenters. The maximum atomic E-state index is 12.1. The van der Waals surface area contributed by atoms with Crippen LogP contribution >= 0.6 is 0 Å². The number of cyclic esters (lactones) is 4. The van der Waals surface area contributed by atoms with E-state index in [0.29, 0.717) is 49.4 Å². The number of esters is 6. The van der Waals surface area contributed by atoms with Crippen LogP contribution in [-0.2, 0) is 57.3 Å². The van der Waals surface area contributed by atoms with Gasteiger partial charge >= 0.3 is 35.8 Å². The maximum absolute atomic E-state index is 12.1. The number of hydrogen-bond acceptors (Lipinski definition) is 12. The first-order valence-corrected chi connectivity index (χ1v) is 18.7. The number of ether oxygens (including phenoxy) is 4.